The molecule has 1 N–H and O–H groups in total. The van der Waals surface area contributed by atoms with Gasteiger partial charge < -0.3 is 4.42 Å². The van der Waals surface area contributed by atoms with Crippen LogP contribution >= 0.6 is 0 Å². The molecular formula is C17H9N3O4S. The van der Waals surface area contributed by atoms with Gasteiger partial charge >= 0.3 is 5.63 Å². The summed E-state index contributed by atoms with van der Waals surface area (Å²) in [5, 5.41) is 9.25. The van der Waals surface area contributed by atoms with E-state index in [2.05, 4.69) is 21.4 Å². The molecule has 7 nitrogen and oxygen atoms in total. The van der Waals surface area contributed by atoms with Crippen molar-refractivity contribution in [1.82, 2.24) is 0 Å². The van der Waals surface area contributed by atoms with Crippen molar-refractivity contribution >= 4 is 32.8 Å². The lowest BCUT2D eigenvalue weighted by Crippen LogP contribution is -2.18. The molecule has 1 aromatic heterocycles. The number of fused-ring (bicyclic) bond motifs is 2. The third-order valence-electron chi connectivity index (χ3n) is 3.41. The Morgan fingerprint density at radius 2 is 2.24 bits per heavy atom. The lowest BCUT2D eigenvalue weighted by atomic mass is 10.1. The summed E-state index contributed by atoms with van der Waals surface area (Å²) in [6.45, 7) is 6.87. The van der Waals surface area contributed by atoms with Gasteiger partial charge in [0.15, 0.2) is 0 Å². The molecule has 0 bridgehead atoms. The topological polar surface area (TPSA) is 105 Å². The molecule has 122 valence electrons. The fourth-order valence-corrected chi connectivity index (χ4v) is 3.25. The molecule has 1 aromatic carbocycles. The molecule has 2 aromatic rings. The van der Waals surface area contributed by atoms with E-state index in [0.29, 0.717) is 10.9 Å². The van der Waals surface area contributed by atoms with E-state index in [1.54, 1.807) is 6.07 Å². The maximum absolute atomic E-state index is 12.0. The average molecular weight is 351 g/mol. The zero-order valence-corrected chi connectivity index (χ0v) is 13.5. The van der Waals surface area contributed by atoms with Gasteiger partial charge in [-0.05, 0) is 24.3 Å². The molecule has 0 saturated carbocycles. The van der Waals surface area contributed by atoms with E-state index in [0.717, 1.165) is 6.08 Å². The maximum atomic E-state index is 12.0. The molecule has 0 atom stereocenters. The molecule has 0 spiro atoms. The Bertz CT molecular complexity index is 1210. The lowest BCUT2D eigenvalue weighted by molar-refractivity contribution is 0.559. The summed E-state index contributed by atoms with van der Waals surface area (Å²) < 4.78 is 31.5. The minimum absolute atomic E-state index is 0.0276. The van der Waals surface area contributed by atoms with E-state index >= 15 is 0 Å². The summed E-state index contributed by atoms with van der Waals surface area (Å²) >= 11 is 0. The normalized spacial score (nSPS) is 15.4. The van der Waals surface area contributed by atoms with Crippen molar-refractivity contribution in [2.24, 2.45) is 0 Å². The molecule has 8 heteroatoms. The van der Waals surface area contributed by atoms with Crippen LogP contribution in [0.3, 0.4) is 0 Å². The van der Waals surface area contributed by atoms with Crippen LogP contribution in [0.1, 0.15) is 17.5 Å². The summed E-state index contributed by atoms with van der Waals surface area (Å²) in [5.74, 6) is 5.50. The SMILES string of the molecule is [C-]#[N+]/C(C#N)=C/c1cc2cc3c(cc2oc1=O)C#CCCS(=O)(=O)N3. The van der Waals surface area contributed by atoms with E-state index in [4.69, 9.17) is 16.3 Å². The Labute approximate surface area is 143 Å². The van der Waals surface area contributed by atoms with Crippen LogP contribution in [0.5, 0.6) is 0 Å². The van der Waals surface area contributed by atoms with Crippen LogP contribution in [0.15, 0.2) is 33.1 Å². The molecule has 3 rings (SSSR count). The van der Waals surface area contributed by atoms with Gasteiger partial charge in [-0.2, -0.15) is 0 Å². The van der Waals surface area contributed by atoms with Gasteiger partial charge in [-0.3, -0.25) is 4.72 Å². The second kappa shape index (κ2) is 6.16. The number of hydrogen-bond donors (Lipinski definition) is 1. The second-order valence-electron chi connectivity index (χ2n) is 5.15. The Balaban J connectivity index is 2.25. The first-order valence-electron chi connectivity index (χ1n) is 7.02. The standard InChI is InChI=1S/C17H9N3O4S/c1-19-14(10-18)7-13-6-12-8-15-11(9-16(12)24-17(13)21)4-2-3-5-25(22,23)20-15/h6-9,20H,3,5H2/b14-7+. The smallest absolute Gasteiger partial charge is 0.342 e. The number of hydrogen-bond acceptors (Lipinski definition) is 5. The number of nitriles is 1. The molecule has 0 aliphatic carbocycles. The highest BCUT2D eigenvalue weighted by atomic mass is 32.2. The van der Waals surface area contributed by atoms with Gasteiger partial charge in [-0.15, -0.1) is 0 Å². The van der Waals surface area contributed by atoms with E-state index in [9.17, 15) is 13.2 Å². The molecule has 1 aliphatic heterocycles. The first kappa shape index (κ1) is 16.3. The third kappa shape index (κ3) is 3.37. The highest BCUT2D eigenvalue weighted by Gasteiger charge is 2.16. The molecule has 0 radical (unpaired) electrons. The maximum Gasteiger partial charge on any atom is 0.342 e. The van der Waals surface area contributed by atoms with Crippen molar-refractivity contribution < 1.29 is 12.8 Å². The van der Waals surface area contributed by atoms with Crippen molar-refractivity contribution in [3.63, 3.8) is 0 Å². The molecule has 0 amide bonds. The zero-order chi connectivity index (χ0) is 18.0. The first-order chi connectivity index (χ1) is 11.9. The molecular weight excluding hydrogens is 342 g/mol. The zero-order valence-electron chi connectivity index (χ0n) is 12.7. The van der Waals surface area contributed by atoms with Crippen LogP contribution in [0.25, 0.3) is 21.9 Å². The van der Waals surface area contributed by atoms with Crippen molar-refractivity contribution in [2.45, 2.75) is 6.42 Å². The van der Waals surface area contributed by atoms with Crippen molar-refractivity contribution in [3.05, 3.63) is 56.9 Å². The summed E-state index contributed by atoms with van der Waals surface area (Å²) in [4.78, 5) is 15.0. The van der Waals surface area contributed by atoms with Crippen LogP contribution in [0, 0.1) is 29.7 Å². The van der Waals surface area contributed by atoms with E-state index in [1.165, 1.54) is 18.2 Å². The van der Waals surface area contributed by atoms with Crippen LogP contribution in [-0.2, 0) is 10.0 Å². The van der Waals surface area contributed by atoms with Crippen LogP contribution in [-0.4, -0.2) is 14.2 Å². The van der Waals surface area contributed by atoms with Gasteiger partial charge in [-0.25, -0.2) is 23.3 Å². The number of benzene rings is 1. The van der Waals surface area contributed by atoms with Gasteiger partial charge in [0.25, 0.3) is 5.70 Å². The molecule has 25 heavy (non-hydrogen) atoms. The lowest BCUT2D eigenvalue weighted by Gasteiger charge is -2.12. The largest absolute Gasteiger partial charge is 0.422 e. The number of sulfonamides is 1. The second-order valence-corrected chi connectivity index (χ2v) is 6.99. The summed E-state index contributed by atoms with van der Waals surface area (Å²) in [6.07, 6.45) is 1.33. The fourth-order valence-electron chi connectivity index (χ4n) is 2.27. The number of allylic oxidation sites excluding steroid dienone is 1. The minimum Gasteiger partial charge on any atom is -0.422 e. The van der Waals surface area contributed by atoms with E-state index in [-0.39, 0.29) is 34.7 Å². The predicted molar refractivity (Wildman–Crippen MR) is 91.6 cm³/mol. The van der Waals surface area contributed by atoms with Crippen molar-refractivity contribution in [2.75, 3.05) is 10.5 Å². The van der Waals surface area contributed by atoms with Gasteiger partial charge in [0, 0.05) is 11.8 Å². The monoisotopic (exact) mass is 351 g/mol. The van der Waals surface area contributed by atoms with Gasteiger partial charge in [0.05, 0.1) is 35.2 Å². The number of anilines is 1. The molecule has 0 saturated heterocycles. The van der Waals surface area contributed by atoms with E-state index in [1.807, 2.05) is 0 Å². The van der Waals surface area contributed by atoms with Crippen LogP contribution < -0.4 is 10.3 Å². The molecule has 0 unspecified atom stereocenters. The predicted octanol–water partition coefficient (Wildman–Crippen LogP) is 2.07. The minimum atomic E-state index is -3.51. The van der Waals surface area contributed by atoms with Crippen LogP contribution in [0.2, 0.25) is 0 Å². The number of nitrogens with zero attached hydrogens (tertiary/aromatic N) is 2. The summed E-state index contributed by atoms with van der Waals surface area (Å²) in [6, 6.07) is 6.10. The first-order valence-corrected chi connectivity index (χ1v) is 8.67. The third-order valence-corrected chi connectivity index (χ3v) is 4.68. The highest BCUT2D eigenvalue weighted by Crippen LogP contribution is 2.26. The highest BCUT2D eigenvalue weighted by molar-refractivity contribution is 7.92. The van der Waals surface area contributed by atoms with E-state index < -0.39 is 15.6 Å². The average Bonchev–Trinajstić information content (AvgIpc) is 2.56. The summed E-state index contributed by atoms with van der Waals surface area (Å²) in [7, 11) is -3.51. The molecule has 2 heterocycles. The molecule has 1 aliphatic rings. The van der Waals surface area contributed by atoms with Gasteiger partial charge in [-0.1, -0.05) is 11.8 Å². The quantitative estimate of drug-likeness (QED) is 0.366. The molecule has 0 fully saturated rings. The number of rotatable bonds is 1. The Morgan fingerprint density at radius 3 is 2.96 bits per heavy atom. The Hall–Kier alpha value is -3.54. The fraction of sp³-hybridized carbons (Fsp3) is 0.118. The van der Waals surface area contributed by atoms with Gasteiger partial charge in [0.1, 0.15) is 5.58 Å². The summed E-state index contributed by atoms with van der Waals surface area (Å²) in [5.41, 5.74) is -0.0148. The van der Waals surface area contributed by atoms with Crippen molar-refractivity contribution in [1.29, 1.82) is 5.26 Å². The van der Waals surface area contributed by atoms with Crippen LogP contribution in [0.4, 0.5) is 5.69 Å². The van der Waals surface area contributed by atoms with Gasteiger partial charge in [0.2, 0.25) is 10.0 Å². The Morgan fingerprint density at radius 1 is 1.44 bits per heavy atom. The Kier molecular flexibility index (Phi) is 4.02. The van der Waals surface area contributed by atoms with Crippen molar-refractivity contribution in [3.8, 4) is 17.9 Å². The number of nitrogens with one attached hydrogen (secondary N) is 1.